The normalized spacial score (nSPS) is 12.7. The van der Waals surface area contributed by atoms with Gasteiger partial charge in [-0.1, -0.05) is 22.9 Å². The number of hydrogen-bond acceptors (Lipinski definition) is 1. The number of rotatable bonds is 3. The van der Waals surface area contributed by atoms with Gasteiger partial charge in [-0.3, -0.25) is 0 Å². The van der Waals surface area contributed by atoms with Crippen molar-refractivity contribution in [2.75, 3.05) is 0 Å². The monoisotopic (exact) mass is 318 g/mol. The van der Waals surface area contributed by atoms with E-state index in [1.54, 1.807) is 6.07 Å². The predicted molar refractivity (Wildman–Crippen MR) is 65.2 cm³/mol. The molecule has 0 N–H and O–H groups in total. The van der Waals surface area contributed by atoms with Crippen molar-refractivity contribution in [2.24, 2.45) is 0 Å². The third-order valence-corrected chi connectivity index (χ3v) is 3.67. The van der Waals surface area contributed by atoms with Crippen molar-refractivity contribution in [3.05, 3.63) is 58.8 Å². The molecule has 18 heavy (non-hydrogen) atoms. The molecule has 2 rings (SSSR count). The lowest BCUT2D eigenvalue weighted by Gasteiger charge is -2.11. The summed E-state index contributed by atoms with van der Waals surface area (Å²) in [6, 6.07) is 3.08. The highest BCUT2D eigenvalue weighted by Crippen LogP contribution is 2.35. The predicted octanol–water partition coefficient (Wildman–Crippen LogP) is 4.74. The highest BCUT2D eigenvalue weighted by atomic mass is 79.9. The van der Waals surface area contributed by atoms with Gasteiger partial charge in [0, 0.05) is 23.6 Å². The van der Waals surface area contributed by atoms with Crippen LogP contribution in [0.4, 0.5) is 13.2 Å². The highest BCUT2D eigenvalue weighted by Gasteiger charge is 2.21. The lowest BCUT2D eigenvalue weighted by atomic mass is 10.0. The molecule has 0 spiro atoms. The molecule has 0 bridgehead atoms. The van der Waals surface area contributed by atoms with E-state index in [9.17, 15) is 13.2 Å². The zero-order chi connectivity index (χ0) is 13.3. The van der Waals surface area contributed by atoms with Gasteiger partial charge in [0.25, 0.3) is 0 Å². The van der Waals surface area contributed by atoms with Crippen LogP contribution in [0.5, 0.6) is 0 Å². The van der Waals surface area contributed by atoms with E-state index >= 15 is 0 Å². The minimum atomic E-state index is -1.20. The Balaban J connectivity index is 2.46. The minimum Gasteiger partial charge on any atom is -0.469 e. The van der Waals surface area contributed by atoms with Crippen molar-refractivity contribution in [3.63, 3.8) is 0 Å². The Bertz CT molecular complexity index is 565. The average Bonchev–Trinajstić information content (AvgIpc) is 2.81. The maximum Gasteiger partial charge on any atom is 0.161 e. The van der Waals surface area contributed by atoms with E-state index in [0.717, 1.165) is 6.07 Å². The molecule has 5 heteroatoms. The van der Waals surface area contributed by atoms with Crippen LogP contribution in [0.3, 0.4) is 0 Å². The maximum atomic E-state index is 13.6. The number of benzene rings is 1. The molecule has 0 amide bonds. The molecule has 0 aliphatic carbocycles. The van der Waals surface area contributed by atoms with Crippen LogP contribution in [0.2, 0.25) is 0 Å². The van der Waals surface area contributed by atoms with Crippen LogP contribution in [0.1, 0.15) is 28.6 Å². The Kier molecular flexibility index (Phi) is 3.80. The van der Waals surface area contributed by atoms with Gasteiger partial charge in [0.15, 0.2) is 11.6 Å². The summed E-state index contributed by atoms with van der Waals surface area (Å²) in [4.78, 5) is -0.568. The van der Waals surface area contributed by atoms with Crippen molar-refractivity contribution in [1.82, 2.24) is 0 Å². The lowest BCUT2D eigenvalue weighted by Crippen LogP contribution is -2.00. The SMILES string of the molecule is CCc1occc1C(Br)c1cc(F)c(F)cc1F. The summed E-state index contributed by atoms with van der Waals surface area (Å²) in [6.07, 6.45) is 2.12. The fourth-order valence-electron chi connectivity index (χ4n) is 1.76. The average molecular weight is 319 g/mol. The van der Waals surface area contributed by atoms with E-state index in [-0.39, 0.29) is 5.56 Å². The summed E-state index contributed by atoms with van der Waals surface area (Å²) in [5, 5.41) is 0. The second-order valence-electron chi connectivity index (χ2n) is 3.80. The fourth-order valence-corrected chi connectivity index (χ4v) is 2.52. The molecule has 0 fully saturated rings. The van der Waals surface area contributed by atoms with E-state index in [4.69, 9.17) is 4.42 Å². The van der Waals surface area contributed by atoms with E-state index in [2.05, 4.69) is 15.9 Å². The Morgan fingerprint density at radius 3 is 2.44 bits per heavy atom. The topological polar surface area (TPSA) is 13.1 Å². The molecule has 1 atom stereocenters. The zero-order valence-electron chi connectivity index (χ0n) is 9.51. The third-order valence-electron chi connectivity index (χ3n) is 2.69. The maximum absolute atomic E-state index is 13.6. The standard InChI is InChI=1S/C13H10BrF3O/c1-2-12-7(3-4-18-12)13(14)8-5-10(16)11(17)6-9(8)15/h3-6,13H,2H2,1H3. The van der Waals surface area contributed by atoms with Gasteiger partial charge in [-0.2, -0.15) is 0 Å². The summed E-state index contributed by atoms with van der Waals surface area (Å²) >= 11 is 3.29. The molecular weight excluding hydrogens is 309 g/mol. The van der Waals surface area contributed by atoms with Crippen LogP contribution < -0.4 is 0 Å². The third kappa shape index (κ3) is 2.32. The quantitative estimate of drug-likeness (QED) is 0.588. The van der Waals surface area contributed by atoms with Crippen molar-refractivity contribution in [1.29, 1.82) is 0 Å². The van der Waals surface area contributed by atoms with Gasteiger partial charge in [-0.25, -0.2) is 13.2 Å². The van der Waals surface area contributed by atoms with E-state index in [1.807, 2.05) is 6.92 Å². The first-order valence-electron chi connectivity index (χ1n) is 5.39. The molecule has 0 aliphatic heterocycles. The molecule has 0 aliphatic rings. The molecule has 1 nitrogen and oxygen atoms in total. The van der Waals surface area contributed by atoms with E-state index < -0.39 is 22.3 Å². The van der Waals surface area contributed by atoms with Gasteiger partial charge in [0.05, 0.1) is 11.1 Å². The number of furan rings is 1. The Labute approximate surface area is 111 Å². The largest absolute Gasteiger partial charge is 0.469 e. The second kappa shape index (κ2) is 5.18. The second-order valence-corrected chi connectivity index (χ2v) is 4.72. The smallest absolute Gasteiger partial charge is 0.161 e. The first-order valence-corrected chi connectivity index (χ1v) is 6.31. The zero-order valence-corrected chi connectivity index (χ0v) is 11.1. The van der Waals surface area contributed by atoms with Crippen molar-refractivity contribution in [2.45, 2.75) is 18.2 Å². The molecule has 1 heterocycles. The van der Waals surface area contributed by atoms with Gasteiger partial charge in [0.2, 0.25) is 0 Å². The van der Waals surface area contributed by atoms with Crippen LogP contribution in [-0.4, -0.2) is 0 Å². The molecule has 1 unspecified atom stereocenters. The first kappa shape index (κ1) is 13.2. The summed E-state index contributed by atoms with van der Waals surface area (Å²) in [5.74, 6) is -2.38. The summed E-state index contributed by atoms with van der Waals surface area (Å²) in [5.41, 5.74) is 0.757. The molecular formula is C13H10BrF3O. The number of halogens is 4. The summed E-state index contributed by atoms with van der Waals surface area (Å²) in [6.45, 7) is 1.89. The van der Waals surface area contributed by atoms with Crippen LogP contribution in [0.25, 0.3) is 0 Å². The van der Waals surface area contributed by atoms with Crippen molar-refractivity contribution >= 4 is 15.9 Å². The summed E-state index contributed by atoms with van der Waals surface area (Å²) in [7, 11) is 0. The molecule has 2 aromatic rings. The Hall–Kier alpha value is -1.23. The van der Waals surface area contributed by atoms with E-state index in [1.165, 1.54) is 6.26 Å². The number of alkyl halides is 1. The van der Waals surface area contributed by atoms with Crippen molar-refractivity contribution in [3.8, 4) is 0 Å². The van der Waals surface area contributed by atoms with Gasteiger partial charge in [-0.15, -0.1) is 0 Å². The van der Waals surface area contributed by atoms with Gasteiger partial charge < -0.3 is 4.42 Å². The molecule has 0 saturated carbocycles. The van der Waals surface area contributed by atoms with Crippen molar-refractivity contribution < 1.29 is 17.6 Å². The molecule has 1 aromatic carbocycles. The molecule has 96 valence electrons. The van der Waals surface area contributed by atoms with Gasteiger partial charge >= 0.3 is 0 Å². The van der Waals surface area contributed by atoms with Crippen LogP contribution >= 0.6 is 15.9 Å². The first-order chi connectivity index (χ1) is 8.54. The van der Waals surface area contributed by atoms with Gasteiger partial charge in [-0.05, 0) is 12.1 Å². The van der Waals surface area contributed by atoms with Gasteiger partial charge in [0.1, 0.15) is 11.6 Å². The molecule has 0 radical (unpaired) electrons. The van der Waals surface area contributed by atoms with Crippen LogP contribution in [-0.2, 0) is 6.42 Å². The Morgan fingerprint density at radius 1 is 1.11 bits per heavy atom. The van der Waals surface area contributed by atoms with Crippen LogP contribution in [0.15, 0.2) is 28.9 Å². The minimum absolute atomic E-state index is 0.0463. The molecule has 0 saturated heterocycles. The Morgan fingerprint density at radius 2 is 1.78 bits per heavy atom. The molecule has 1 aromatic heterocycles. The fraction of sp³-hybridized carbons (Fsp3) is 0.231. The number of aryl methyl sites for hydroxylation is 1. The summed E-state index contributed by atoms with van der Waals surface area (Å²) < 4.78 is 44.9. The lowest BCUT2D eigenvalue weighted by molar-refractivity contribution is 0.490. The van der Waals surface area contributed by atoms with E-state index in [0.29, 0.717) is 23.8 Å². The van der Waals surface area contributed by atoms with Crippen LogP contribution in [0, 0.1) is 17.5 Å². The highest BCUT2D eigenvalue weighted by molar-refractivity contribution is 9.09. The number of hydrogen-bond donors (Lipinski definition) is 0.